The lowest BCUT2D eigenvalue weighted by atomic mass is 10.1. The fourth-order valence-electron chi connectivity index (χ4n) is 4.23. The first-order chi connectivity index (χ1) is 13.4. The van der Waals surface area contributed by atoms with E-state index < -0.39 is 9.84 Å². The summed E-state index contributed by atoms with van der Waals surface area (Å²) in [5.74, 6) is 0.970. The second-order valence-electron chi connectivity index (χ2n) is 7.69. The van der Waals surface area contributed by atoms with Crippen molar-refractivity contribution in [2.45, 2.75) is 37.8 Å². The molecule has 0 spiro atoms. The molecule has 2 saturated heterocycles. The second-order valence-corrected chi connectivity index (χ2v) is 10.3. The zero-order valence-corrected chi connectivity index (χ0v) is 17.2. The van der Waals surface area contributed by atoms with Crippen molar-refractivity contribution in [3.63, 3.8) is 0 Å². The van der Waals surface area contributed by atoms with Gasteiger partial charge in [-0.2, -0.15) is 0 Å². The highest BCUT2D eigenvalue weighted by Crippen LogP contribution is 2.38. The third kappa shape index (κ3) is 4.39. The van der Waals surface area contributed by atoms with Gasteiger partial charge < -0.3 is 14.8 Å². The monoisotopic (exact) mass is 428 g/mol. The van der Waals surface area contributed by atoms with E-state index in [2.05, 4.69) is 10.2 Å². The average molecular weight is 429 g/mol. The molecule has 9 heteroatoms. The molecule has 0 saturated carbocycles. The summed E-state index contributed by atoms with van der Waals surface area (Å²) in [7, 11) is -3.14. The molecule has 0 bridgehead atoms. The van der Waals surface area contributed by atoms with E-state index >= 15 is 0 Å². The molecule has 0 radical (unpaired) electrons. The molecular formula is C19H25ClN2O5S. The van der Waals surface area contributed by atoms with Gasteiger partial charge in [0.05, 0.1) is 42.2 Å². The Labute approximate surface area is 170 Å². The molecule has 4 rings (SSSR count). The Bertz CT molecular complexity index is 854. The first-order valence-electron chi connectivity index (χ1n) is 9.73. The van der Waals surface area contributed by atoms with E-state index in [4.69, 9.17) is 21.1 Å². The van der Waals surface area contributed by atoms with E-state index in [9.17, 15) is 13.2 Å². The van der Waals surface area contributed by atoms with Crippen molar-refractivity contribution in [3.05, 3.63) is 22.7 Å². The van der Waals surface area contributed by atoms with Crippen LogP contribution in [0.25, 0.3) is 0 Å². The molecule has 154 valence electrons. The Hall–Kier alpha value is -1.51. The first-order valence-corrected chi connectivity index (χ1v) is 11.9. The number of likely N-dealkylation sites (tertiary alicyclic amines) is 1. The lowest BCUT2D eigenvalue weighted by Crippen LogP contribution is -2.50. The van der Waals surface area contributed by atoms with Crippen LogP contribution in [0.2, 0.25) is 5.02 Å². The molecule has 7 nitrogen and oxygen atoms in total. The Morgan fingerprint density at radius 1 is 1.14 bits per heavy atom. The maximum atomic E-state index is 12.6. The van der Waals surface area contributed by atoms with Crippen LogP contribution in [0.5, 0.6) is 11.5 Å². The minimum atomic E-state index is -3.14. The van der Waals surface area contributed by atoms with Gasteiger partial charge in [0.2, 0.25) is 5.91 Å². The number of nitrogens with zero attached hydrogens (tertiary/aromatic N) is 1. The minimum absolute atomic E-state index is 0.00179. The Balaban J connectivity index is 1.45. The maximum absolute atomic E-state index is 12.6. The highest BCUT2D eigenvalue weighted by molar-refractivity contribution is 7.91. The predicted molar refractivity (Wildman–Crippen MR) is 106 cm³/mol. The molecule has 1 N–H and O–H groups in total. The number of fused-ring (bicyclic) bond motifs is 1. The minimum Gasteiger partial charge on any atom is -0.489 e. The zero-order chi connectivity index (χ0) is 19.7. The van der Waals surface area contributed by atoms with Crippen LogP contribution in [0.4, 0.5) is 0 Å². The average Bonchev–Trinajstić information content (AvgIpc) is 3.16. The van der Waals surface area contributed by atoms with Gasteiger partial charge in [-0.05, 0) is 43.6 Å². The SMILES string of the molecule is O=C(Cc1cc(Cl)c2c(c1)OCCCO2)NC1CS(=O)(=O)CC1N1CCCC1. The summed E-state index contributed by atoms with van der Waals surface area (Å²) < 4.78 is 35.6. The zero-order valence-electron chi connectivity index (χ0n) is 15.7. The number of sulfone groups is 1. The highest BCUT2D eigenvalue weighted by Gasteiger charge is 2.42. The normalized spacial score (nSPS) is 26.8. The smallest absolute Gasteiger partial charge is 0.224 e. The van der Waals surface area contributed by atoms with Crippen LogP contribution in [0.3, 0.4) is 0 Å². The number of ether oxygens (including phenoxy) is 2. The van der Waals surface area contributed by atoms with Gasteiger partial charge in [0.1, 0.15) is 0 Å². The van der Waals surface area contributed by atoms with Crippen LogP contribution < -0.4 is 14.8 Å². The number of benzene rings is 1. The molecule has 0 aliphatic carbocycles. The van der Waals surface area contributed by atoms with Crippen LogP contribution in [-0.4, -0.2) is 69.1 Å². The van der Waals surface area contributed by atoms with E-state index in [-0.39, 0.29) is 35.9 Å². The summed E-state index contributed by atoms with van der Waals surface area (Å²) in [5, 5.41) is 3.36. The van der Waals surface area contributed by atoms with Gasteiger partial charge in [-0.1, -0.05) is 11.6 Å². The maximum Gasteiger partial charge on any atom is 0.224 e. The number of nitrogens with one attached hydrogen (secondary N) is 1. The molecule has 3 heterocycles. The predicted octanol–water partition coefficient (Wildman–Crippen LogP) is 1.42. The van der Waals surface area contributed by atoms with Crippen molar-refractivity contribution in [2.75, 3.05) is 37.8 Å². The lowest BCUT2D eigenvalue weighted by Gasteiger charge is -2.28. The van der Waals surface area contributed by atoms with Crippen LogP contribution in [0.1, 0.15) is 24.8 Å². The van der Waals surface area contributed by atoms with E-state index in [1.807, 2.05) is 0 Å². The summed E-state index contributed by atoms with van der Waals surface area (Å²) in [6, 6.07) is 2.98. The first kappa shape index (κ1) is 19.8. The summed E-state index contributed by atoms with van der Waals surface area (Å²) in [6.07, 6.45) is 3.04. The van der Waals surface area contributed by atoms with Crippen molar-refractivity contribution >= 4 is 27.3 Å². The van der Waals surface area contributed by atoms with Gasteiger partial charge in [-0.15, -0.1) is 0 Å². The quantitative estimate of drug-likeness (QED) is 0.780. The lowest BCUT2D eigenvalue weighted by molar-refractivity contribution is -0.121. The largest absolute Gasteiger partial charge is 0.489 e. The molecule has 0 aromatic heterocycles. The van der Waals surface area contributed by atoms with Gasteiger partial charge >= 0.3 is 0 Å². The molecule has 3 aliphatic heterocycles. The number of hydrogen-bond donors (Lipinski definition) is 1. The number of hydrogen-bond acceptors (Lipinski definition) is 6. The van der Waals surface area contributed by atoms with Gasteiger partial charge in [-0.25, -0.2) is 8.42 Å². The van der Waals surface area contributed by atoms with Crippen LogP contribution in [0.15, 0.2) is 12.1 Å². The number of carbonyl (C=O) groups excluding carboxylic acids is 1. The van der Waals surface area contributed by atoms with Crippen molar-refractivity contribution in [2.24, 2.45) is 0 Å². The van der Waals surface area contributed by atoms with Crippen molar-refractivity contribution in [1.82, 2.24) is 10.2 Å². The van der Waals surface area contributed by atoms with E-state index in [0.717, 1.165) is 32.4 Å². The van der Waals surface area contributed by atoms with Gasteiger partial charge in [0.15, 0.2) is 21.3 Å². The molecule has 1 aromatic rings. The molecule has 1 aromatic carbocycles. The fourth-order valence-corrected chi connectivity index (χ4v) is 6.47. The van der Waals surface area contributed by atoms with Crippen molar-refractivity contribution < 1.29 is 22.7 Å². The van der Waals surface area contributed by atoms with Gasteiger partial charge in [-0.3, -0.25) is 9.69 Å². The molecule has 3 aliphatic rings. The molecule has 2 unspecified atom stereocenters. The van der Waals surface area contributed by atoms with Crippen LogP contribution in [-0.2, 0) is 21.1 Å². The number of carbonyl (C=O) groups is 1. The number of halogens is 1. The van der Waals surface area contributed by atoms with E-state index in [1.54, 1.807) is 12.1 Å². The fraction of sp³-hybridized carbons (Fsp3) is 0.632. The summed E-state index contributed by atoms with van der Waals surface area (Å²) in [6.45, 7) is 2.87. The van der Waals surface area contributed by atoms with Crippen LogP contribution in [0, 0.1) is 0 Å². The van der Waals surface area contributed by atoms with Crippen LogP contribution >= 0.6 is 11.6 Å². The summed E-state index contributed by atoms with van der Waals surface area (Å²) in [4.78, 5) is 14.8. The molecular weight excluding hydrogens is 404 g/mol. The third-order valence-electron chi connectivity index (χ3n) is 5.51. The van der Waals surface area contributed by atoms with Crippen molar-refractivity contribution in [3.8, 4) is 11.5 Å². The number of rotatable bonds is 4. The van der Waals surface area contributed by atoms with E-state index in [1.165, 1.54) is 0 Å². The number of amides is 1. The Morgan fingerprint density at radius 3 is 2.68 bits per heavy atom. The molecule has 28 heavy (non-hydrogen) atoms. The molecule has 1 amide bonds. The Morgan fingerprint density at radius 2 is 1.89 bits per heavy atom. The van der Waals surface area contributed by atoms with Gasteiger partial charge in [0, 0.05) is 12.5 Å². The Kier molecular flexibility index (Phi) is 5.71. The highest BCUT2D eigenvalue weighted by atomic mass is 35.5. The topological polar surface area (TPSA) is 84.9 Å². The van der Waals surface area contributed by atoms with E-state index in [0.29, 0.717) is 35.3 Å². The van der Waals surface area contributed by atoms with Crippen molar-refractivity contribution in [1.29, 1.82) is 0 Å². The third-order valence-corrected chi connectivity index (χ3v) is 7.50. The summed E-state index contributed by atoms with van der Waals surface area (Å²) >= 11 is 6.30. The standard InChI is InChI=1S/C19H25ClN2O5S/c20-14-8-13(9-17-19(14)27-7-3-6-26-17)10-18(23)21-15-11-28(24,25)12-16(15)22-4-1-2-5-22/h8-9,15-16H,1-7,10-12H2,(H,21,23). The molecule has 2 atom stereocenters. The molecule has 2 fully saturated rings. The van der Waals surface area contributed by atoms with Gasteiger partial charge in [0.25, 0.3) is 0 Å². The second kappa shape index (κ2) is 8.08. The summed E-state index contributed by atoms with van der Waals surface area (Å²) in [5.41, 5.74) is 0.713.